The van der Waals surface area contributed by atoms with Gasteiger partial charge >= 0.3 is 5.97 Å². The fourth-order valence-electron chi connectivity index (χ4n) is 2.73. The maximum Gasteiger partial charge on any atom is 0.344 e. The number of aryl methyl sites for hydroxylation is 2. The molecule has 0 aliphatic carbocycles. The summed E-state index contributed by atoms with van der Waals surface area (Å²) in [6, 6.07) is 13.1. The van der Waals surface area contributed by atoms with Gasteiger partial charge < -0.3 is 14.5 Å². The Morgan fingerprint density at radius 2 is 1.85 bits per heavy atom. The largest absolute Gasteiger partial charge is 0.482 e. The van der Waals surface area contributed by atoms with E-state index in [9.17, 15) is 9.59 Å². The number of carbonyl (C=O) groups excluding carboxylic acids is 2. The molecule has 26 heavy (non-hydrogen) atoms. The van der Waals surface area contributed by atoms with Crippen LogP contribution in [0.15, 0.2) is 48.7 Å². The quantitative estimate of drug-likeness (QED) is 0.539. The lowest BCUT2D eigenvalue weighted by atomic mass is 10.1. The molecule has 0 unspecified atom stereocenters. The smallest absolute Gasteiger partial charge is 0.344 e. The molecule has 1 N–H and O–H groups in total. The number of esters is 1. The number of rotatable bonds is 6. The van der Waals surface area contributed by atoms with Crippen LogP contribution >= 0.6 is 0 Å². The zero-order chi connectivity index (χ0) is 18.7. The summed E-state index contributed by atoms with van der Waals surface area (Å²) in [6.07, 6.45) is 0.758. The fraction of sp³-hybridized carbons (Fsp3) is 0.238. The summed E-state index contributed by atoms with van der Waals surface area (Å²) in [6.45, 7) is 5.31. The van der Waals surface area contributed by atoms with Crippen molar-refractivity contribution in [3.05, 3.63) is 65.4 Å². The van der Waals surface area contributed by atoms with Crippen LogP contribution in [0.2, 0.25) is 0 Å². The van der Waals surface area contributed by atoms with Gasteiger partial charge in [-0.25, -0.2) is 4.79 Å². The second-order valence-electron chi connectivity index (χ2n) is 6.28. The lowest BCUT2D eigenvalue weighted by molar-refractivity contribution is -0.148. The van der Waals surface area contributed by atoms with Gasteiger partial charge in [0.15, 0.2) is 12.7 Å². The number of hydrogen-bond acceptors (Lipinski definition) is 4. The molecular weight excluding hydrogens is 330 g/mol. The number of H-pyrrole nitrogens is 1. The molecule has 0 saturated heterocycles. The standard InChI is InChI=1S/C21H21NO4/c1-13-8-9-16(10-14(13)2)25-12-20(23)26-15(3)21(24)18-11-22-19-7-5-4-6-17(18)19/h4-11,15,22H,12H2,1-3H3/t15-/m0/s1. The van der Waals surface area contributed by atoms with Gasteiger partial charge in [0.25, 0.3) is 0 Å². The normalized spacial score (nSPS) is 12.0. The molecule has 134 valence electrons. The Bertz CT molecular complexity index is 958. The Balaban J connectivity index is 1.60. The highest BCUT2D eigenvalue weighted by Crippen LogP contribution is 2.20. The van der Waals surface area contributed by atoms with Gasteiger partial charge in [0.05, 0.1) is 0 Å². The second-order valence-corrected chi connectivity index (χ2v) is 6.28. The van der Waals surface area contributed by atoms with E-state index in [2.05, 4.69) is 4.98 Å². The average molecular weight is 351 g/mol. The third kappa shape index (κ3) is 3.77. The van der Waals surface area contributed by atoms with Crippen molar-refractivity contribution in [1.82, 2.24) is 4.98 Å². The van der Waals surface area contributed by atoms with E-state index in [-0.39, 0.29) is 12.4 Å². The Hall–Kier alpha value is -3.08. The lowest BCUT2D eigenvalue weighted by Gasteiger charge is -2.13. The zero-order valence-electron chi connectivity index (χ0n) is 15.0. The Morgan fingerprint density at radius 3 is 2.62 bits per heavy atom. The first kappa shape index (κ1) is 17.7. The topological polar surface area (TPSA) is 68.4 Å². The molecule has 1 aromatic heterocycles. The monoisotopic (exact) mass is 351 g/mol. The molecule has 5 heteroatoms. The number of aromatic nitrogens is 1. The molecule has 0 fully saturated rings. The van der Waals surface area contributed by atoms with E-state index in [0.29, 0.717) is 11.3 Å². The summed E-state index contributed by atoms with van der Waals surface area (Å²) in [5, 5.41) is 0.812. The maximum absolute atomic E-state index is 12.6. The maximum atomic E-state index is 12.6. The second kappa shape index (κ2) is 7.44. The van der Waals surface area contributed by atoms with Crippen LogP contribution in [0, 0.1) is 13.8 Å². The van der Waals surface area contributed by atoms with Crippen LogP contribution in [0.5, 0.6) is 5.75 Å². The zero-order valence-corrected chi connectivity index (χ0v) is 15.0. The van der Waals surface area contributed by atoms with Gasteiger partial charge in [-0.1, -0.05) is 24.3 Å². The molecule has 0 spiro atoms. The highest BCUT2D eigenvalue weighted by molar-refractivity contribution is 6.10. The summed E-state index contributed by atoms with van der Waals surface area (Å²) < 4.78 is 10.7. The van der Waals surface area contributed by atoms with Crippen LogP contribution in [0.4, 0.5) is 0 Å². The Morgan fingerprint density at radius 1 is 1.08 bits per heavy atom. The lowest BCUT2D eigenvalue weighted by Crippen LogP contribution is -2.27. The molecule has 0 amide bonds. The summed E-state index contributed by atoms with van der Waals surface area (Å²) in [4.78, 5) is 27.6. The summed E-state index contributed by atoms with van der Waals surface area (Å²) in [5.74, 6) is -0.230. The number of Topliss-reactive ketones (excluding diaryl/α,β-unsaturated/α-hetero) is 1. The van der Waals surface area contributed by atoms with Crippen molar-refractivity contribution in [1.29, 1.82) is 0 Å². The van der Waals surface area contributed by atoms with Gasteiger partial charge in [-0.05, 0) is 50.1 Å². The number of fused-ring (bicyclic) bond motifs is 1. The average Bonchev–Trinajstić information content (AvgIpc) is 3.06. The number of aromatic amines is 1. The number of para-hydroxylation sites is 1. The molecule has 1 heterocycles. The minimum atomic E-state index is -0.884. The van der Waals surface area contributed by atoms with Gasteiger partial charge in [-0.15, -0.1) is 0 Å². The molecule has 0 aliphatic rings. The van der Waals surface area contributed by atoms with Crippen LogP contribution < -0.4 is 4.74 Å². The summed E-state index contributed by atoms with van der Waals surface area (Å²) in [5.41, 5.74) is 3.61. The van der Waals surface area contributed by atoms with Gasteiger partial charge in [0.2, 0.25) is 5.78 Å². The Kier molecular flexibility index (Phi) is 5.07. The van der Waals surface area contributed by atoms with Crippen LogP contribution in [0.1, 0.15) is 28.4 Å². The van der Waals surface area contributed by atoms with E-state index < -0.39 is 12.1 Å². The summed E-state index contributed by atoms with van der Waals surface area (Å²) in [7, 11) is 0. The van der Waals surface area contributed by atoms with Crippen molar-refractivity contribution in [2.24, 2.45) is 0 Å². The fourth-order valence-corrected chi connectivity index (χ4v) is 2.73. The molecule has 0 aliphatic heterocycles. The third-order valence-corrected chi connectivity index (χ3v) is 4.37. The predicted octanol–water partition coefficient (Wildman–Crippen LogP) is 3.98. The summed E-state index contributed by atoms with van der Waals surface area (Å²) >= 11 is 0. The molecule has 3 rings (SSSR count). The first-order valence-electron chi connectivity index (χ1n) is 8.45. The van der Waals surface area contributed by atoms with E-state index in [0.717, 1.165) is 22.0 Å². The number of carbonyl (C=O) groups is 2. The van der Waals surface area contributed by atoms with E-state index >= 15 is 0 Å². The van der Waals surface area contributed by atoms with Gasteiger partial charge in [-0.3, -0.25) is 4.79 Å². The minimum Gasteiger partial charge on any atom is -0.482 e. The highest BCUT2D eigenvalue weighted by Gasteiger charge is 2.22. The molecule has 0 saturated carbocycles. The molecule has 0 bridgehead atoms. The van der Waals surface area contributed by atoms with Crippen molar-refractivity contribution >= 4 is 22.7 Å². The van der Waals surface area contributed by atoms with Crippen molar-refractivity contribution in [3.63, 3.8) is 0 Å². The predicted molar refractivity (Wildman–Crippen MR) is 99.6 cm³/mol. The van der Waals surface area contributed by atoms with Gasteiger partial charge in [0, 0.05) is 22.7 Å². The number of ketones is 1. The molecular formula is C21H21NO4. The molecule has 0 radical (unpaired) electrons. The number of benzene rings is 2. The van der Waals surface area contributed by atoms with Crippen molar-refractivity contribution in [3.8, 4) is 5.75 Å². The molecule has 2 aromatic carbocycles. The number of hydrogen-bond donors (Lipinski definition) is 1. The number of ether oxygens (including phenoxy) is 2. The van der Waals surface area contributed by atoms with E-state index in [1.54, 1.807) is 19.2 Å². The number of nitrogens with one attached hydrogen (secondary N) is 1. The van der Waals surface area contributed by atoms with Crippen molar-refractivity contribution < 1.29 is 19.1 Å². The molecule has 5 nitrogen and oxygen atoms in total. The van der Waals surface area contributed by atoms with E-state index in [4.69, 9.17) is 9.47 Å². The first-order chi connectivity index (χ1) is 12.5. The molecule has 1 atom stereocenters. The van der Waals surface area contributed by atoms with E-state index in [1.165, 1.54) is 0 Å². The van der Waals surface area contributed by atoms with Gasteiger partial charge in [-0.2, -0.15) is 0 Å². The third-order valence-electron chi connectivity index (χ3n) is 4.37. The van der Waals surface area contributed by atoms with E-state index in [1.807, 2.05) is 50.2 Å². The van der Waals surface area contributed by atoms with Crippen LogP contribution in [0.3, 0.4) is 0 Å². The van der Waals surface area contributed by atoms with Crippen LogP contribution in [-0.4, -0.2) is 29.4 Å². The van der Waals surface area contributed by atoms with Crippen LogP contribution in [-0.2, 0) is 9.53 Å². The van der Waals surface area contributed by atoms with Gasteiger partial charge in [0.1, 0.15) is 5.75 Å². The highest BCUT2D eigenvalue weighted by atomic mass is 16.6. The first-order valence-corrected chi connectivity index (χ1v) is 8.45. The molecule has 3 aromatic rings. The van der Waals surface area contributed by atoms with Crippen LogP contribution in [0.25, 0.3) is 10.9 Å². The van der Waals surface area contributed by atoms with Crippen molar-refractivity contribution in [2.75, 3.05) is 6.61 Å². The SMILES string of the molecule is Cc1ccc(OCC(=O)O[C@@H](C)C(=O)c2c[nH]c3ccccc23)cc1C. The van der Waals surface area contributed by atoms with Crippen molar-refractivity contribution in [2.45, 2.75) is 26.9 Å². The Labute approximate surface area is 151 Å². The minimum absolute atomic E-state index is 0.242.